The molecule has 27 heavy (non-hydrogen) atoms. The minimum atomic E-state index is -0.801. The zero-order valence-electron chi connectivity index (χ0n) is 15.4. The van der Waals surface area contributed by atoms with Crippen molar-refractivity contribution in [1.82, 2.24) is 15.5 Å². The standard InChI is InChI=1S/C19H26N4O4/c1-20-18(26)13-4-6-14(7-5-13)21-19(27)22-15-8-16(9-15)23(11-17(24)25)10-12-2-3-12/h4-7,12,15-16H,2-3,8-11H2,1H3,(H,20,26)(H,24,25)(H2,21,22,27). The molecule has 0 radical (unpaired) electrons. The molecule has 0 saturated heterocycles. The molecule has 0 atom stereocenters. The molecule has 0 bridgehead atoms. The van der Waals surface area contributed by atoms with Crippen LogP contribution >= 0.6 is 0 Å². The number of benzene rings is 1. The Kier molecular flexibility index (Phi) is 5.95. The first-order valence-corrected chi connectivity index (χ1v) is 9.30. The molecule has 0 aromatic heterocycles. The Morgan fingerprint density at radius 3 is 2.37 bits per heavy atom. The highest BCUT2D eigenvalue weighted by Crippen LogP contribution is 2.33. The fourth-order valence-corrected chi connectivity index (χ4v) is 3.35. The van der Waals surface area contributed by atoms with Gasteiger partial charge in [-0.1, -0.05) is 0 Å². The van der Waals surface area contributed by atoms with Crippen LogP contribution < -0.4 is 16.0 Å². The average Bonchev–Trinajstić information content (AvgIpc) is 3.41. The largest absolute Gasteiger partial charge is 0.480 e. The summed E-state index contributed by atoms with van der Waals surface area (Å²) in [5.74, 6) is -0.342. The van der Waals surface area contributed by atoms with Crippen molar-refractivity contribution in [3.8, 4) is 0 Å². The van der Waals surface area contributed by atoms with Gasteiger partial charge >= 0.3 is 12.0 Å². The summed E-state index contributed by atoms with van der Waals surface area (Å²) in [6.07, 6.45) is 3.91. The smallest absolute Gasteiger partial charge is 0.319 e. The van der Waals surface area contributed by atoms with Crippen LogP contribution in [0, 0.1) is 5.92 Å². The van der Waals surface area contributed by atoms with Crippen molar-refractivity contribution >= 4 is 23.6 Å². The number of amides is 3. The fourth-order valence-electron chi connectivity index (χ4n) is 3.35. The van der Waals surface area contributed by atoms with Gasteiger partial charge in [-0.25, -0.2) is 4.79 Å². The summed E-state index contributed by atoms with van der Waals surface area (Å²) in [6, 6.07) is 6.63. The van der Waals surface area contributed by atoms with Gasteiger partial charge in [-0.3, -0.25) is 14.5 Å². The Morgan fingerprint density at radius 2 is 1.81 bits per heavy atom. The number of carboxylic acids is 1. The first-order chi connectivity index (χ1) is 12.9. The van der Waals surface area contributed by atoms with Crippen LogP contribution in [0.25, 0.3) is 0 Å². The molecule has 2 saturated carbocycles. The summed E-state index contributed by atoms with van der Waals surface area (Å²) in [5.41, 5.74) is 1.14. The maximum absolute atomic E-state index is 12.1. The van der Waals surface area contributed by atoms with Gasteiger partial charge in [-0.05, 0) is 55.9 Å². The van der Waals surface area contributed by atoms with E-state index in [1.807, 2.05) is 4.90 Å². The molecule has 0 spiro atoms. The Labute approximate surface area is 158 Å². The molecule has 8 nitrogen and oxygen atoms in total. The number of aliphatic carboxylic acids is 1. The maximum Gasteiger partial charge on any atom is 0.319 e. The maximum atomic E-state index is 12.1. The number of hydrogen-bond acceptors (Lipinski definition) is 4. The molecular formula is C19H26N4O4. The topological polar surface area (TPSA) is 111 Å². The molecule has 1 aromatic rings. The third-order valence-corrected chi connectivity index (χ3v) is 5.12. The lowest BCUT2D eigenvalue weighted by atomic mass is 9.85. The van der Waals surface area contributed by atoms with Gasteiger partial charge in [0.1, 0.15) is 0 Å². The van der Waals surface area contributed by atoms with Crippen molar-refractivity contribution in [3.05, 3.63) is 29.8 Å². The van der Waals surface area contributed by atoms with Gasteiger partial charge in [0.2, 0.25) is 0 Å². The molecular weight excluding hydrogens is 348 g/mol. The molecule has 146 valence electrons. The minimum absolute atomic E-state index is 0.0515. The number of carbonyl (C=O) groups excluding carboxylic acids is 2. The quantitative estimate of drug-likeness (QED) is 0.551. The molecule has 1 aromatic carbocycles. The highest BCUT2D eigenvalue weighted by Gasteiger charge is 2.37. The SMILES string of the molecule is CNC(=O)c1ccc(NC(=O)NC2CC(N(CC(=O)O)CC3CC3)C2)cc1. The van der Waals surface area contributed by atoms with Crippen LogP contribution in [0.3, 0.4) is 0 Å². The van der Waals surface area contributed by atoms with Crippen LogP contribution in [0.5, 0.6) is 0 Å². The van der Waals surface area contributed by atoms with Crippen molar-refractivity contribution < 1.29 is 19.5 Å². The first-order valence-electron chi connectivity index (χ1n) is 9.30. The molecule has 2 fully saturated rings. The molecule has 0 aliphatic heterocycles. The average molecular weight is 374 g/mol. The van der Waals surface area contributed by atoms with Crippen molar-refractivity contribution in [2.45, 2.75) is 37.8 Å². The van der Waals surface area contributed by atoms with Gasteiger partial charge in [0, 0.05) is 36.9 Å². The number of nitrogens with zero attached hydrogens (tertiary/aromatic N) is 1. The summed E-state index contributed by atoms with van der Waals surface area (Å²) < 4.78 is 0. The summed E-state index contributed by atoms with van der Waals surface area (Å²) in [7, 11) is 1.57. The van der Waals surface area contributed by atoms with Crippen molar-refractivity contribution in [3.63, 3.8) is 0 Å². The van der Waals surface area contributed by atoms with Crippen molar-refractivity contribution in [1.29, 1.82) is 0 Å². The predicted molar refractivity (Wildman–Crippen MR) is 101 cm³/mol. The fraction of sp³-hybridized carbons (Fsp3) is 0.526. The number of urea groups is 1. The van der Waals surface area contributed by atoms with Gasteiger partial charge in [0.15, 0.2) is 0 Å². The Bertz CT molecular complexity index is 696. The van der Waals surface area contributed by atoms with Gasteiger partial charge < -0.3 is 21.1 Å². The number of carbonyl (C=O) groups is 3. The zero-order chi connectivity index (χ0) is 19.4. The van der Waals surface area contributed by atoms with Crippen molar-refractivity contribution in [2.75, 3.05) is 25.5 Å². The molecule has 3 rings (SSSR count). The van der Waals surface area contributed by atoms with E-state index >= 15 is 0 Å². The number of anilines is 1. The van der Waals surface area contributed by atoms with Gasteiger partial charge in [0.05, 0.1) is 6.54 Å². The van der Waals surface area contributed by atoms with E-state index in [0.29, 0.717) is 17.2 Å². The van der Waals surface area contributed by atoms with E-state index in [-0.39, 0.29) is 30.6 Å². The zero-order valence-corrected chi connectivity index (χ0v) is 15.4. The molecule has 0 heterocycles. The molecule has 8 heteroatoms. The summed E-state index contributed by atoms with van der Waals surface area (Å²) in [5, 5.41) is 17.3. The lowest BCUT2D eigenvalue weighted by molar-refractivity contribution is -0.139. The van der Waals surface area contributed by atoms with Crippen LogP contribution in [0.4, 0.5) is 10.5 Å². The van der Waals surface area contributed by atoms with Crippen LogP contribution in [-0.2, 0) is 4.79 Å². The number of nitrogens with one attached hydrogen (secondary N) is 3. The Balaban J connectivity index is 1.42. The first kappa shape index (κ1) is 19.2. The second-order valence-electron chi connectivity index (χ2n) is 7.34. The van der Waals surface area contributed by atoms with Crippen LogP contribution in [-0.4, -0.2) is 60.1 Å². The Morgan fingerprint density at radius 1 is 1.15 bits per heavy atom. The third-order valence-electron chi connectivity index (χ3n) is 5.12. The molecule has 2 aliphatic rings. The minimum Gasteiger partial charge on any atom is -0.480 e. The highest BCUT2D eigenvalue weighted by atomic mass is 16.4. The summed E-state index contributed by atoms with van der Waals surface area (Å²) in [6.45, 7) is 0.908. The molecule has 3 amide bonds. The van der Waals surface area contributed by atoms with E-state index in [2.05, 4.69) is 16.0 Å². The highest BCUT2D eigenvalue weighted by molar-refractivity contribution is 5.95. The van der Waals surface area contributed by atoms with E-state index in [1.54, 1.807) is 31.3 Å². The Hall–Kier alpha value is -2.61. The van der Waals surface area contributed by atoms with E-state index < -0.39 is 5.97 Å². The van der Waals surface area contributed by atoms with Gasteiger partial charge in [-0.2, -0.15) is 0 Å². The van der Waals surface area contributed by atoms with Gasteiger partial charge in [0.25, 0.3) is 5.91 Å². The second-order valence-corrected chi connectivity index (χ2v) is 7.34. The number of rotatable bonds is 8. The molecule has 4 N–H and O–H groups in total. The van der Waals surface area contributed by atoms with E-state index in [4.69, 9.17) is 5.11 Å². The van der Waals surface area contributed by atoms with E-state index in [9.17, 15) is 14.4 Å². The van der Waals surface area contributed by atoms with Gasteiger partial charge in [-0.15, -0.1) is 0 Å². The molecule has 2 aliphatic carbocycles. The van der Waals surface area contributed by atoms with Crippen LogP contribution in [0.1, 0.15) is 36.0 Å². The van der Waals surface area contributed by atoms with Crippen LogP contribution in [0.2, 0.25) is 0 Å². The number of hydrogen-bond donors (Lipinski definition) is 4. The predicted octanol–water partition coefficient (Wildman–Crippen LogP) is 1.50. The number of carboxylic acid groups (broad SMARTS) is 1. The third kappa shape index (κ3) is 5.43. The lowest BCUT2D eigenvalue weighted by Gasteiger charge is -2.42. The summed E-state index contributed by atoms with van der Waals surface area (Å²) in [4.78, 5) is 36.7. The van der Waals surface area contributed by atoms with Crippen molar-refractivity contribution in [2.24, 2.45) is 5.92 Å². The molecule has 0 unspecified atom stereocenters. The lowest BCUT2D eigenvalue weighted by Crippen LogP contribution is -2.55. The van der Waals surface area contributed by atoms with E-state index in [0.717, 1.165) is 19.4 Å². The van der Waals surface area contributed by atoms with Crippen LogP contribution in [0.15, 0.2) is 24.3 Å². The van der Waals surface area contributed by atoms with E-state index in [1.165, 1.54) is 12.8 Å². The summed E-state index contributed by atoms with van der Waals surface area (Å²) >= 11 is 0. The second kappa shape index (κ2) is 8.39. The monoisotopic (exact) mass is 374 g/mol. The normalized spacial score (nSPS) is 21.3.